The Kier molecular flexibility index (Phi) is 5.57. The minimum Gasteiger partial charge on any atom is -0.483 e. The van der Waals surface area contributed by atoms with Gasteiger partial charge < -0.3 is 15.0 Å². The molecule has 0 spiro atoms. The molecular weight excluding hydrogens is 366 g/mol. The first-order valence-corrected chi connectivity index (χ1v) is 9.83. The maximum Gasteiger partial charge on any atom is 0.316 e. The Morgan fingerprint density at radius 3 is 2.39 bits per heavy atom. The predicted octanol–water partition coefficient (Wildman–Crippen LogP) is 2.63. The standard InChI is InChI=1S/C20H24F2N4O2/c21-14-10-15(22)12-16(11-14)26-20(27)19(28-17-4-2-1-3-5-17)18(13-24-26)25-8-6-23-7-9-25/h10-13,17,23H,1-9H2. The summed E-state index contributed by atoms with van der Waals surface area (Å²) in [6.45, 7) is 3.09. The van der Waals surface area contributed by atoms with E-state index in [2.05, 4.69) is 15.3 Å². The van der Waals surface area contributed by atoms with Crippen LogP contribution in [0.1, 0.15) is 32.1 Å². The van der Waals surface area contributed by atoms with Gasteiger partial charge in [-0.3, -0.25) is 4.79 Å². The van der Waals surface area contributed by atoms with Crippen LogP contribution in [0.15, 0.2) is 29.2 Å². The van der Waals surface area contributed by atoms with Crippen LogP contribution in [0.4, 0.5) is 14.5 Å². The van der Waals surface area contributed by atoms with E-state index in [1.165, 1.54) is 6.42 Å². The molecule has 0 radical (unpaired) electrons. The van der Waals surface area contributed by atoms with E-state index in [0.29, 0.717) is 5.69 Å². The average molecular weight is 390 g/mol. The second-order valence-corrected chi connectivity index (χ2v) is 7.32. The van der Waals surface area contributed by atoms with E-state index >= 15 is 0 Å². The van der Waals surface area contributed by atoms with Gasteiger partial charge in [0, 0.05) is 32.2 Å². The second-order valence-electron chi connectivity index (χ2n) is 7.32. The molecule has 1 aromatic heterocycles. The Labute approximate surface area is 162 Å². The van der Waals surface area contributed by atoms with Gasteiger partial charge in [0.25, 0.3) is 0 Å². The number of hydrogen-bond acceptors (Lipinski definition) is 5. The lowest BCUT2D eigenvalue weighted by Crippen LogP contribution is -2.44. The zero-order valence-corrected chi connectivity index (χ0v) is 15.7. The number of rotatable bonds is 4. The molecule has 1 aromatic carbocycles. The van der Waals surface area contributed by atoms with Gasteiger partial charge in [-0.1, -0.05) is 6.42 Å². The van der Waals surface area contributed by atoms with Crippen LogP contribution in [0.5, 0.6) is 5.75 Å². The van der Waals surface area contributed by atoms with E-state index in [-0.39, 0.29) is 17.5 Å². The van der Waals surface area contributed by atoms with E-state index in [1.807, 2.05) is 0 Å². The summed E-state index contributed by atoms with van der Waals surface area (Å²) in [5.74, 6) is -1.30. The molecule has 4 rings (SSSR count). The quantitative estimate of drug-likeness (QED) is 0.870. The van der Waals surface area contributed by atoms with Crippen molar-refractivity contribution >= 4 is 5.69 Å². The molecule has 2 heterocycles. The van der Waals surface area contributed by atoms with E-state index in [4.69, 9.17) is 4.74 Å². The van der Waals surface area contributed by atoms with Crippen LogP contribution in [-0.2, 0) is 0 Å². The largest absolute Gasteiger partial charge is 0.483 e. The zero-order chi connectivity index (χ0) is 19.5. The second kappa shape index (κ2) is 8.26. The Morgan fingerprint density at radius 2 is 1.71 bits per heavy atom. The number of aromatic nitrogens is 2. The average Bonchev–Trinajstić information content (AvgIpc) is 2.70. The van der Waals surface area contributed by atoms with Crippen molar-refractivity contribution in [2.75, 3.05) is 31.1 Å². The summed E-state index contributed by atoms with van der Waals surface area (Å²) in [4.78, 5) is 15.3. The molecular formula is C20H24F2N4O2. The summed E-state index contributed by atoms with van der Waals surface area (Å²) in [5.41, 5.74) is 0.194. The fraction of sp³-hybridized carbons (Fsp3) is 0.500. The highest BCUT2D eigenvalue weighted by molar-refractivity contribution is 5.57. The Balaban J connectivity index is 1.76. The predicted molar refractivity (Wildman–Crippen MR) is 102 cm³/mol. The van der Waals surface area contributed by atoms with E-state index in [0.717, 1.165) is 74.7 Å². The van der Waals surface area contributed by atoms with Gasteiger partial charge in [0.15, 0.2) is 0 Å². The summed E-state index contributed by atoms with van der Waals surface area (Å²) < 4.78 is 34.5. The van der Waals surface area contributed by atoms with E-state index in [9.17, 15) is 13.6 Å². The van der Waals surface area contributed by atoms with Gasteiger partial charge in [-0.15, -0.1) is 0 Å². The highest BCUT2D eigenvalue weighted by atomic mass is 19.1. The van der Waals surface area contributed by atoms with Crippen LogP contribution < -0.4 is 20.5 Å². The highest BCUT2D eigenvalue weighted by Crippen LogP contribution is 2.29. The molecule has 2 aromatic rings. The van der Waals surface area contributed by atoms with Crippen LogP contribution in [0.25, 0.3) is 5.69 Å². The lowest BCUT2D eigenvalue weighted by Gasteiger charge is -2.31. The fourth-order valence-electron chi connectivity index (χ4n) is 3.87. The molecule has 2 aliphatic rings. The molecule has 1 saturated heterocycles. The Morgan fingerprint density at radius 1 is 1.04 bits per heavy atom. The number of ether oxygens (including phenoxy) is 1. The third kappa shape index (κ3) is 4.01. The third-order valence-corrected chi connectivity index (χ3v) is 5.30. The highest BCUT2D eigenvalue weighted by Gasteiger charge is 2.24. The van der Waals surface area contributed by atoms with Crippen molar-refractivity contribution in [2.24, 2.45) is 0 Å². The summed E-state index contributed by atoms with van der Waals surface area (Å²) in [5, 5.41) is 7.47. The van der Waals surface area contributed by atoms with Gasteiger partial charge in [-0.2, -0.15) is 9.78 Å². The lowest BCUT2D eigenvalue weighted by molar-refractivity contribution is 0.152. The molecule has 1 N–H and O–H groups in total. The Hall–Kier alpha value is -2.48. The molecule has 0 bridgehead atoms. The smallest absolute Gasteiger partial charge is 0.316 e. The summed E-state index contributed by atoms with van der Waals surface area (Å²) in [7, 11) is 0. The number of halogens is 2. The van der Waals surface area contributed by atoms with Crippen molar-refractivity contribution in [3.05, 3.63) is 46.4 Å². The number of nitrogens with zero attached hydrogens (tertiary/aromatic N) is 3. The van der Waals surface area contributed by atoms with E-state index in [1.54, 1.807) is 6.20 Å². The molecule has 2 fully saturated rings. The third-order valence-electron chi connectivity index (χ3n) is 5.30. The van der Waals surface area contributed by atoms with Crippen LogP contribution in [0.2, 0.25) is 0 Å². The van der Waals surface area contributed by atoms with Crippen molar-refractivity contribution in [3.8, 4) is 11.4 Å². The molecule has 28 heavy (non-hydrogen) atoms. The molecule has 0 amide bonds. The number of piperazine rings is 1. The number of nitrogens with one attached hydrogen (secondary N) is 1. The molecule has 0 unspecified atom stereocenters. The van der Waals surface area contributed by atoms with Gasteiger partial charge in [0.1, 0.15) is 17.3 Å². The van der Waals surface area contributed by atoms with Gasteiger partial charge in [0.05, 0.1) is 18.0 Å². The number of hydrogen-bond donors (Lipinski definition) is 1. The minimum absolute atomic E-state index is 0.0248. The molecule has 0 atom stereocenters. The lowest BCUT2D eigenvalue weighted by atomic mass is 9.98. The number of anilines is 1. The monoisotopic (exact) mass is 390 g/mol. The first kappa shape index (κ1) is 18.9. The fourth-order valence-corrected chi connectivity index (χ4v) is 3.87. The SMILES string of the molecule is O=c1c(OC2CCCCC2)c(N2CCNCC2)cnn1-c1cc(F)cc(F)c1. The summed E-state index contributed by atoms with van der Waals surface area (Å²) in [6.07, 6.45) is 6.66. The van der Waals surface area contributed by atoms with Crippen LogP contribution in [0.3, 0.4) is 0 Å². The molecule has 1 aliphatic carbocycles. The van der Waals surface area contributed by atoms with Crippen molar-refractivity contribution in [3.63, 3.8) is 0 Å². The Bertz CT molecular complexity index is 870. The van der Waals surface area contributed by atoms with Crippen LogP contribution >= 0.6 is 0 Å². The van der Waals surface area contributed by atoms with Gasteiger partial charge in [-0.25, -0.2) is 8.78 Å². The molecule has 1 saturated carbocycles. The van der Waals surface area contributed by atoms with E-state index < -0.39 is 17.2 Å². The van der Waals surface area contributed by atoms with Crippen LogP contribution in [0, 0.1) is 11.6 Å². The molecule has 150 valence electrons. The van der Waals surface area contributed by atoms with Crippen LogP contribution in [-0.4, -0.2) is 42.1 Å². The zero-order valence-electron chi connectivity index (χ0n) is 15.7. The van der Waals surface area contributed by atoms with Crippen molar-refractivity contribution in [1.29, 1.82) is 0 Å². The summed E-state index contributed by atoms with van der Waals surface area (Å²) in [6, 6.07) is 2.95. The molecule has 8 heteroatoms. The van der Waals surface area contributed by atoms with Crippen molar-refractivity contribution in [1.82, 2.24) is 15.1 Å². The maximum absolute atomic E-state index is 13.7. The normalized spacial score (nSPS) is 18.3. The maximum atomic E-state index is 13.7. The van der Waals surface area contributed by atoms with Gasteiger partial charge in [-0.05, 0) is 37.8 Å². The first-order valence-electron chi connectivity index (χ1n) is 9.83. The molecule has 1 aliphatic heterocycles. The first-order chi connectivity index (χ1) is 13.6. The summed E-state index contributed by atoms with van der Waals surface area (Å²) >= 11 is 0. The molecule has 6 nitrogen and oxygen atoms in total. The minimum atomic E-state index is -0.760. The van der Waals surface area contributed by atoms with Crippen molar-refractivity contribution in [2.45, 2.75) is 38.2 Å². The van der Waals surface area contributed by atoms with Gasteiger partial charge in [0.2, 0.25) is 5.75 Å². The number of benzene rings is 1. The van der Waals surface area contributed by atoms with Crippen molar-refractivity contribution < 1.29 is 13.5 Å². The van der Waals surface area contributed by atoms with Gasteiger partial charge >= 0.3 is 5.56 Å². The topological polar surface area (TPSA) is 59.4 Å².